The van der Waals surface area contributed by atoms with Crippen molar-refractivity contribution in [1.82, 2.24) is 25.2 Å². The number of aromatic nitrogens is 3. The Balaban J connectivity index is 2.28. The van der Waals surface area contributed by atoms with E-state index >= 15 is 0 Å². The minimum Gasteiger partial charge on any atom is -0.316 e. The lowest BCUT2D eigenvalue weighted by molar-refractivity contribution is 0.560. The maximum atomic E-state index is 12.4. The number of sulfonamides is 1. The fourth-order valence-corrected chi connectivity index (χ4v) is 3.60. The van der Waals surface area contributed by atoms with Crippen LogP contribution in [0, 0.1) is 0 Å². The number of nitrogens with zero attached hydrogens (tertiary/aromatic N) is 2. The van der Waals surface area contributed by atoms with Crippen LogP contribution in [-0.2, 0) is 16.6 Å². The van der Waals surface area contributed by atoms with Crippen molar-refractivity contribution >= 4 is 21.6 Å². The average molecular weight is 330 g/mol. The van der Waals surface area contributed by atoms with E-state index in [0.29, 0.717) is 12.4 Å². The first-order valence-corrected chi connectivity index (χ1v) is 8.11. The van der Waals surface area contributed by atoms with Gasteiger partial charge in [0.25, 0.3) is 0 Å². The fraction of sp³-hybridized carbons (Fsp3) is 0.333. The molecule has 9 heteroatoms. The number of nitrogens with one attached hydrogen (secondary N) is 3. The summed E-state index contributed by atoms with van der Waals surface area (Å²) in [6, 6.07) is 4.36. The van der Waals surface area contributed by atoms with E-state index < -0.39 is 16.1 Å². The van der Waals surface area contributed by atoms with Crippen LogP contribution in [0.4, 0.5) is 0 Å². The Kier molecular flexibility index (Phi) is 4.94. The Morgan fingerprint density at radius 1 is 1.43 bits per heavy atom. The average Bonchev–Trinajstić information content (AvgIpc) is 2.94. The minimum atomic E-state index is -3.75. The van der Waals surface area contributed by atoms with Crippen molar-refractivity contribution in [3.8, 4) is 0 Å². The number of hydrogen-bond acceptors (Lipinski definition) is 5. The molecule has 0 radical (unpaired) electrons. The van der Waals surface area contributed by atoms with Gasteiger partial charge < -0.3 is 5.32 Å². The molecular weight excluding hydrogens is 314 g/mol. The molecule has 0 saturated carbocycles. The molecule has 0 aliphatic heterocycles. The first-order chi connectivity index (χ1) is 9.94. The summed E-state index contributed by atoms with van der Waals surface area (Å²) < 4.78 is 27.4. The van der Waals surface area contributed by atoms with Gasteiger partial charge in [-0.2, -0.15) is 5.10 Å². The summed E-state index contributed by atoms with van der Waals surface area (Å²) in [6.45, 7) is 2.22. The van der Waals surface area contributed by atoms with Gasteiger partial charge in [-0.3, -0.25) is 5.10 Å². The van der Waals surface area contributed by atoms with E-state index in [1.165, 1.54) is 6.33 Å². The monoisotopic (exact) mass is 329 g/mol. The van der Waals surface area contributed by atoms with Crippen LogP contribution in [0.25, 0.3) is 0 Å². The standard InChI is InChI=1S/C12H16ClN5O2S/c1-8(12-15-7-16-17-12)18-21(19,20)11-5-9(6-14-2)3-4-10(11)13/h3-5,7-8,14,18H,6H2,1-2H3,(H,15,16,17). The summed E-state index contributed by atoms with van der Waals surface area (Å²) in [6.07, 6.45) is 1.32. The first-order valence-electron chi connectivity index (χ1n) is 6.24. The SMILES string of the molecule is CNCc1ccc(Cl)c(S(=O)(=O)NC(C)c2ncn[nH]2)c1. The second-order valence-corrected chi connectivity index (χ2v) is 6.60. The minimum absolute atomic E-state index is 0.0447. The second kappa shape index (κ2) is 6.52. The lowest BCUT2D eigenvalue weighted by Crippen LogP contribution is -2.28. The molecule has 1 unspecified atom stereocenters. The third-order valence-electron chi connectivity index (χ3n) is 2.84. The second-order valence-electron chi connectivity index (χ2n) is 4.51. The molecule has 0 fully saturated rings. The molecule has 2 rings (SSSR count). The molecule has 0 aliphatic carbocycles. The molecule has 2 aromatic rings. The van der Waals surface area contributed by atoms with Gasteiger partial charge in [0.1, 0.15) is 17.0 Å². The highest BCUT2D eigenvalue weighted by atomic mass is 35.5. The van der Waals surface area contributed by atoms with Crippen molar-refractivity contribution < 1.29 is 8.42 Å². The van der Waals surface area contributed by atoms with E-state index in [9.17, 15) is 8.42 Å². The van der Waals surface area contributed by atoms with E-state index in [1.807, 2.05) is 0 Å². The fourth-order valence-electron chi connectivity index (χ4n) is 1.84. The predicted molar refractivity (Wildman–Crippen MR) is 79.3 cm³/mol. The molecule has 114 valence electrons. The highest BCUT2D eigenvalue weighted by molar-refractivity contribution is 7.89. The Bertz CT molecular complexity index is 702. The van der Waals surface area contributed by atoms with Crippen LogP contribution < -0.4 is 10.0 Å². The summed E-state index contributed by atoms with van der Waals surface area (Å²) in [7, 11) is -1.97. The van der Waals surface area contributed by atoms with Gasteiger partial charge in [0.05, 0.1) is 11.1 Å². The molecule has 0 spiro atoms. The van der Waals surface area contributed by atoms with Crippen molar-refractivity contribution in [2.45, 2.75) is 24.4 Å². The van der Waals surface area contributed by atoms with Crippen LogP contribution in [0.1, 0.15) is 24.4 Å². The van der Waals surface area contributed by atoms with Gasteiger partial charge in [0, 0.05) is 6.54 Å². The van der Waals surface area contributed by atoms with Gasteiger partial charge in [-0.1, -0.05) is 17.7 Å². The van der Waals surface area contributed by atoms with Crippen molar-refractivity contribution in [2.24, 2.45) is 0 Å². The third kappa shape index (κ3) is 3.79. The number of hydrogen-bond donors (Lipinski definition) is 3. The van der Waals surface area contributed by atoms with E-state index in [-0.39, 0.29) is 9.92 Å². The summed E-state index contributed by atoms with van der Waals surface area (Å²) in [5.41, 5.74) is 0.828. The van der Waals surface area contributed by atoms with Gasteiger partial charge in [0.15, 0.2) is 0 Å². The highest BCUT2D eigenvalue weighted by Crippen LogP contribution is 2.24. The van der Waals surface area contributed by atoms with Crippen molar-refractivity contribution in [2.75, 3.05) is 7.05 Å². The van der Waals surface area contributed by atoms with Crippen LogP contribution in [0.3, 0.4) is 0 Å². The lowest BCUT2D eigenvalue weighted by atomic mass is 10.2. The number of aromatic amines is 1. The Labute approximate surface area is 128 Å². The van der Waals surface area contributed by atoms with Gasteiger partial charge >= 0.3 is 0 Å². The number of rotatable bonds is 6. The van der Waals surface area contributed by atoms with E-state index in [4.69, 9.17) is 11.6 Å². The maximum Gasteiger partial charge on any atom is 0.242 e. The van der Waals surface area contributed by atoms with Gasteiger partial charge in [-0.05, 0) is 31.7 Å². The van der Waals surface area contributed by atoms with Crippen molar-refractivity contribution in [1.29, 1.82) is 0 Å². The molecule has 0 saturated heterocycles. The van der Waals surface area contributed by atoms with Crippen molar-refractivity contribution in [3.63, 3.8) is 0 Å². The number of H-pyrrole nitrogens is 1. The van der Waals surface area contributed by atoms with Gasteiger partial charge in [-0.25, -0.2) is 18.1 Å². The molecule has 1 heterocycles. The molecule has 1 aromatic heterocycles. The summed E-state index contributed by atoms with van der Waals surface area (Å²) in [5, 5.41) is 9.46. The quantitative estimate of drug-likeness (QED) is 0.740. The van der Waals surface area contributed by atoms with E-state index in [0.717, 1.165) is 5.56 Å². The zero-order valence-electron chi connectivity index (χ0n) is 11.6. The molecule has 21 heavy (non-hydrogen) atoms. The normalized spacial score (nSPS) is 13.3. The van der Waals surface area contributed by atoms with Crippen LogP contribution in [-0.4, -0.2) is 30.6 Å². The molecule has 0 amide bonds. The van der Waals surface area contributed by atoms with Crippen LogP contribution in [0.5, 0.6) is 0 Å². The predicted octanol–water partition coefficient (Wildman–Crippen LogP) is 1.22. The Morgan fingerprint density at radius 3 is 2.81 bits per heavy atom. The zero-order chi connectivity index (χ0) is 15.5. The number of benzene rings is 1. The topological polar surface area (TPSA) is 99.8 Å². The summed E-state index contributed by atoms with van der Waals surface area (Å²) >= 11 is 6.01. The molecule has 3 N–H and O–H groups in total. The molecule has 1 atom stereocenters. The van der Waals surface area contributed by atoms with Crippen molar-refractivity contribution in [3.05, 3.63) is 40.9 Å². The number of halogens is 1. The van der Waals surface area contributed by atoms with Crippen LogP contribution in [0.2, 0.25) is 5.02 Å². The molecule has 0 bridgehead atoms. The molecular formula is C12H16ClN5O2S. The maximum absolute atomic E-state index is 12.4. The largest absolute Gasteiger partial charge is 0.316 e. The van der Waals surface area contributed by atoms with E-state index in [2.05, 4.69) is 25.2 Å². The Hall–Kier alpha value is -1.48. The summed E-state index contributed by atoms with van der Waals surface area (Å²) in [5.74, 6) is 0.432. The lowest BCUT2D eigenvalue weighted by Gasteiger charge is -2.13. The first kappa shape index (κ1) is 15.9. The Morgan fingerprint density at radius 2 is 2.19 bits per heavy atom. The summed E-state index contributed by atoms with van der Waals surface area (Å²) in [4.78, 5) is 3.97. The highest BCUT2D eigenvalue weighted by Gasteiger charge is 2.22. The third-order valence-corrected chi connectivity index (χ3v) is 4.86. The van der Waals surface area contributed by atoms with E-state index in [1.54, 1.807) is 32.2 Å². The van der Waals surface area contributed by atoms with Crippen LogP contribution in [0.15, 0.2) is 29.4 Å². The molecule has 1 aromatic carbocycles. The molecule has 0 aliphatic rings. The molecule has 7 nitrogen and oxygen atoms in total. The smallest absolute Gasteiger partial charge is 0.242 e. The zero-order valence-corrected chi connectivity index (χ0v) is 13.2. The van der Waals surface area contributed by atoms with Crippen LogP contribution >= 0.6 is 11.6 Å². The van der Waals surface area contributed by atoms with Gasteiger partial charge in [-0.15, -0.1) is 0 Å². The van der Waals surface area contributed by atoms with Gasteiger partial charge in [0.2, 0.25) is 10.0 Å².